The number of amides is 1. The average Bonchev–Trinajstić information content (AvgIpc) is 2.81. The van der Waals surface area contributed by atoms with Crippen LogP contribution in [-0.4, -0.2) is 25.5 Å². The molecule has 3 aromatic rings. The molecular formula is C24H23NO5. The van der Waals surface area contributed by atoms with Crippen molar-refractivity contribution in [3.05, 3.63) is 95.6 Å². The third-order valence-electron chi connectivity index (χ3n) is 4.30. The Morgan fingerprint density at radius 3 is 2.07 bits per heavy atom. The second kappa shape index (κ2) is 10.7. The molecule has 0 radical (unpaired) electrons. The summed E-state index contributed by atoms with van der Waals surface area (Å²) in [6, 6.07) is 23.9. The Balaban J connectivity index is 1.52. The summed E-state index contributed by atoms with van der Waals surface area (Å²) in [7, 11) is 1.51. The van der Waals surface area contributed by atoms with Crippen molar-refractivity contribution < 1.29 is 23.8 Å². The van der Waals surface area contributed by atoms with E-state index in [1.54, 1.807) is 18.2 Å². The molecule has 0 saturated heterocycles. The fraction of sp³-hybridized carbons (Fsp3) is 0.167. The standard InChI is InChI=1S/C24H23NO5/c1-28-22-14-20(12-13-21(22)29-16-18-8-4-2-5-9-18)24(27)25-15-23(26)30-17-19-10-6-3-7-11-19/h2-14H,15-17H2,1H3,(H,25,27). The number of hydrogen-bond acceptors (Lipinski definition) is 5. The molecule has 1 N–H and O–H groups in total. The Hall–Kier alpha value is -3.80. The van der Waals surface area contributed by atoms with Gasteiger partial charge in [-0.05, 0) is 29.3 Å². The smallest absolute Gasteiger partial charge is 0.325 e. The molecular weight excluding hydrogens is 382 g/mol. The molecule has 6 nitrogen and oxygen atoms in total. The molecule has 1 amide bonds. The van der Waals surface area contributed by atoms with Crippen molar-refractivity contribution in [2.45, 2.75) is 13.2 Å². The number of nitrogens with one attached hydrogen (secondary N) is 1. The third kappa shape index (κ3) is 6.10. The summed E-state index contributed by atoms with van der Waals surface area (Å²) in [6.07, 6.45) is 0. The lowest BCUT2D eigenvalue weighted by Gasteiger charge is -2.12. The topological polar surface area (TPSA) is 73.9 Å². The molecule has 0 aliphatic heterocycles. The van der Waals surface area contributed by atoms with Gasteiger partial charge in [0.25, 0.3) is 5.91 Å². The van der Waals surface area contributed by atoms with Crippen LogP contribution in [0.3, 0.4) is 0 Å². The number of methoxy groups -OCH3 is 1. The van der Waals surface area contributed by atoms with Crippen LogP contribution in [0.15, 0.2) is 78.9 Å². The Labute approximate surface area is 175 Å². The highest BCUT2D eigenvalue weighted by atomic mass is 16.5. The van der Waals surface area contributed by atoms with Crippen LogP contribution in [0.4, 0.5) is 0 Å². The SMILES string of the molecule is COc1cc(C(=O)NCC(=O)OCc2ccccc2)ccc1OCc1ccccc1. The van der Waals surface area contributed by atoms with Gasteiger partial charge in [-0.2, -0.15) is 0 Å². The van der Waals surface area contributed by atoms with E-state index in [1.807, 2.05) is 60.7 Å². The van der Waals surface area contributed by atoms with Crippen molar-refractivity contribution in [3.63, 3.8) is 0 Å². The van der Waals surface area contributed by atoms with E-state index in [2.05, 4.69) is 5.32 Å². The van der Waals surface area contributed by atoms with Crippen LogP contribution in [0, 0.1) is 0 Å². The molecule has 0 fully saturated rings. The summed E-state index contributed by atoms with van der Waals surface area (Å²) in [5.74, 6) is 0.0481. The minimum absolute atomic E-state index is 0.164. The molecule has 0 bridgehead atoms. The van der Waals surface area contributed by atoms with E-state index < -0.39 is 11.9 Å². The fourth-order valence-corrected chi connectivity index (χ4v) is 2.71. The van der Waals surface area contributed by atoms with Crippen molar-refractivity contribution in [2.24, 2.45) is 0 Å². The lowest BCUT2D eigenvalue weighted by molar-refractivity contribution is -0.143. The molecule has 154 valence electrons. The van der Waals surface area contributed by atoms with Gasteiger partial charge in [0.15, 0.2) is 11.5 Å². The van der Waals surface area contributed by atoms with Gasteiger partial charge in [0.1, 0.15) is 19.8 Å². The van der Waals surface area contributed by atoms with Crippen molar-refractivity contribution in [3.8, 4) is 11.5 Å². The summed E-state index contributed by atoms with van der Waals surface area (Å²) in [6.45, 7) is 0.326. The van der Waals surface area contributed by atoms with E-state index in [0.29, 0.717) is 23.7 Å². The Bertz CT molecular complexity index is 973. The van der Waals surface area contributed by atoms with E-state index in [4.69, 9.17) is 14.2 Å². The summed E-state index contributed by atoms with van der Waals surface area (Å²) < 4.78 is 16.3. The lowest BCUT2D eigenvalue weighted by atomic mass is 10.2. The van der Waals surface area contributed by atoms with Gasteiger partial charge >= 0.3 is 5.97 Å². The van der Waals surface area contributed by atoms with Crippen LogP contribution in [0.2, 0.25) is 0 Å². The van der Waals surface area contributed by atoms with Crippen molar-refractivity contribution in [1.82, 2.24) is 5.32 Å². The lowest BCUT2D eigenvalue weighted by Crippen LogP contribution is -2.30. The molecule has 0 spiro atoms. The van der Waals surface area contributed by atoms with Crippen LogP contribution in [0.1, 0.15) is 21.5 Å². The van der Waals surface area contributed by atoms with Crippen molar-refractivity contribution >= 4 is 11.9 Å². The highest BCUT2D eigenvalue weighted by molar-refractivity contribution is 5.96. The van der Waals surface area contributed by atoms with Crippen LogP contribution in [0.5, 0.6) is 11.5 Å². The number of esters is 1. The maximum atomic E-state index is 12.4. The van der Waals surface area contributed by atoms with Gasteiger partial charge in [-0.15, -0.1) is 0 Å². The molecule has 0 heterocycles. The second-order valence-electron chi connectivity index (χ2n) is 6.47. The zero-order valence-corrected chi connectivity index (χ0v) is 16.7. The highest BCUT2D eigenvalue weighted by Crippen LogP contribution is 2.28. The van der Waals surface area contributed by atoms with E-state index in [0.717, 1.165) is 11.1 Å². The Morgan fingerprint density at radius 1 is 0.800 bits per heavy atom. The van der Waals surface area contributed by atoms with Crippen molar-refractivity contribution in [1.29, 1.82) is 0 Å². The Morgan fingerprint density at radius 2 is 1.43 bits per heavy atom. The van der Waals surface area contributed by atoms with Crippen molar-refractivity contribution in [2.75, 3.05) is 13.7 Å². The summed E-state index contributed by atoms with van der Waals surface area (Å²) in [4.78, 5) is 24.2. The zero-order chi connectivity index (χ0) is 21.2. The minimum atomic E-state index is -0.512. The van der Waals surface area contributed by atoms with Crippen LogP contribution >= 0.6 is 0 Å². The molecule has 3 rings (SSSR count). The first-order valence-corrected chi connectivity index (χ1v) is 9.48. The Kier molecular flexibility index (Phi) is 7.44. The zero-order valence-electron chi connectivity index (χ0n) is 16.7. The molecule has 0 unspecified atom stereocenters. The average molecular weight is 405 g/mol. The molecule has 0 saturated carbocycles. The van der Waals surface area contributed by atoms with E-state index in [1.165, 1.54) is 7.11 Å². The first kappa shape index (κ1) is 20.9. The quantitative estimate of drug-likeness (QED) is 0.549. The van der Waals surface area contributed by atoms with E-state index in [-0.39, 0.29) is 13.2 Å². The largest absolute Gasteiger partial charge is 0.493 e. The first-order valence-electron chi connectivity index (χ1n) is 9.48. The molecule has 0 atom stereocenters. The molecule has 0 aliphatic carbocycles. The predicted octanol–water partition coefficient (Wildman–Crippen LogP) is 3.75. The van der Waals surface area contributed by atoms with Crippen LogP contribution in [-0.2, 0) is 22.7 Å². The van der Waals surface area contributed by atoms with Gasteiger partial charge in [0.05, 0.1) is 7.11 Å². The number of carbonyl (C=O) groups excluding carboxylic acids is 2. The number of rotatable bonds is 9. The summed E-state index contributed by atoms with van der Waals surface area (Å²) in [5, 5.41) is 2.55. The predicted molar refractivity (Wildman–Crippen MR) is 112 cm³/mol. The molecule has 0 aliphatic rings. The molecule has 30 heavy (non-hydrogen) atoms. The van der Waals surface area contributed by atoms with Gasteiger partial charge in [0, 0.05) is 5.56 Å². The normalized spacial score (nSPS) is 10.2. The summed E-state index contributed by atoms with van der Waals surface area (Å²) >= 11 is 0. The molecule has 0 aromatic heterocycles. The van der Waals surface area contributed by atoms with Gasteiger partial charge in [-0.3, -0.25) is 9.59 Å². The number of benzene rings is 3. The van der Waals surface area contributed by atoms with Crippen LogP contribution < -0.4 is 14.8 Å². The second-order valence-corrected chi connectivity index (χ2v) is 6.47. The highest BCUT2D eigenvalue weighted by Gasteiger charge is 2.13. The molecule has 6 heteroatoms. The number of ether oxygens (including phenoxy) is 3. The minimum Gasteiger partial charge on any atom is -0.493 e. The fourth-order valence-electron chi connectivity index (χ4n) is 2.71. The van der Waals surface area contributed by atoms with E-state index in [9.17, 15) is 9.59 Å². The molecule has 3 aromatic carbocycles. The maximum Gasteiger partial charge on any atom is 0.325 e. The number of hydrogen-bond donors (Lipinski definition) is 1. The van der Waals surface area contributed by atoms with Gasteiger partial charge in [0.2, 0.25) is 0 Å². The number of carbonyl (C=O) groups is 2. The first-order chi connectivity index (χ1) is 14.7. The summed E-state index contributed by atoms with van der Waals surface area (Å²) in [5.41, 5.74) is 2.26. The van der Waals surface area contributed by atoms with Crippen LogP contribution in [0.25, 0.3) is 0 Å². The van der Waals surface area contributed by atoms with Gasteiger partial charge in [-0.25, -0.2) is 0 Å². The third-order valence-corrected chi connectivity index (χ3v) is 4.30. The van der Waals surface area contributed by atoms with E-state index >= 15 is 0 Å². The van der Waals surface area contributed by atoms with Gasteiger partial charge < -0.3 is 19.5 Å². The maximum absolute atomic E-state index is 12.4. The monoisotopic (exact) mass is 405 g/mol. The van der Waals surface area contributed by atoms with Gasteiger partial charge in [-0.1, -0.05) is 60.7 Å².